The van der Waals surface area contributed by atoms with Crippen LogP contribution in [0.15, 0.2) is 18.2 Å². The molecule has 0 aliphatic heterocycles. The van der Waals surface area contributed by atoms with Gasteiger partial charge in [-0.15, -0.1) is 0 Å². The van der Waals surface area contributed by atoms with Crippen molar-refractivity contribution in [3.05, 3.63) is 33.8 Å². The first-order valence-corrected chi connectivity index (χ1v) is 7.11. The minimum atomic E-state index is 0.203. The normalized spacial score (nSPS) is 18.5. The molecule has 0 saturated heterocycles. The fourth-order valence-electron chi connectivity index (χ4n) is 2.75. The van der Waals surface area contributed by atoms with Crippen molar-refractivity contribution in [2.45, 2.75) is 44.6 Å². The molecule has 1 saturated carbocycles. The highest BCUT2D eigenvalue weighted by molar-refractivity contribution is 6.42. The summed E-state index contributed by atoms with van der Waals surface area (Å²) >= 11 is 12.2. The molecular formula is C14H19Cl2N. The van der Waals surface area contributed by atoms with E-state index in [-0.39, 0.29) is 6.04 Å². The smallest absolute Gasteiger partial charge is 0.0624 e. The van der Waals surface area contributed by atoms with Crippen molar-refractivity contribution >= 4 is 23.2 Å². The van der Waals surface area contributed by atoms with Crippen molar-refractivity contribution in [2.24, 2.45) is 11.7 Å². The molecule has 3 heteroatoms. The van der Waals surface area contributed by atoms with Crippen LogP contribution in [0.4, 0.5) is 0 Å². The molecule has 1 aromatic rings. The Morgan fingerprint density at radius 3 is 2.65 bits per heavy atom. The average Bonchev–Trinajstić information content (AvgIpc) is 2.77. The van der Waals surface area contributed by atoms with Crippen LogP contribution in [0.3, 0.4) is 0 Å². The van der Waals surface area contributed by atoms with Crippen LogP contribution in [0.2, 0.25) is 10.0 Å². The lowest BCUT2D eigenvalue weighted by atomic mass is 9.94. The number of hydrogen-bond acceptors (Lipinski definition) is 1. The second kappa shape index (κ2) is 6.08. The number of halogens is 2. The van der Waals surface area contributed by atoms with Crippen LogP contribution < -0.4 is 5.73 Å². The first-order valence-electron chi connectivity index (χ1n) is 6.35. The fraction of sp³-hybridized carbons (Fsp3) is 0.571. The van der Waals surface area contributed by atoms with Gasteiger partial charge >= 0.3 is 0 Å². The molecule has 0 spiro atoms. The van der Waals surface area contributed by atoms with Gasteiger partial charge in [0, 0.05) is 6.04 Å². The van der Waals surface area contributed by atoms with E-state index in [1.165, 1.54) is 25.7 Å². The molecule has 1 nitrogen and oxygen atoms in total. The fourth-order valence-corrected chi connectivity index (χ4v) is 3.14. The zero-order chi connectivity index (χ0) is 12.3. The molecule has 2 rings (SSSR count). The van der Waals surface area contributed by atoms with Gasteiger partial charge in [-0.3, -0.25) is 0 Å². The summed E-state index contributed by atoms with van der Waals surface area (Å²) < 4.78 is 0. The maximum atomic E-state index is 6.20. The van der Waals surface area contributed by atoms with E-state index < -0.39 is 0 Å². The maximum absolute atomic E-state index is 6.20. The summed E-state index contributed by atoms with van der Waals surface area (Å²) in [4.78, 5) is 0. The molecule has 0 aromatic heterocycles. The topological polar surface area (TPSA) is 26.0 Å². The van der Waals surface area contributed by atoms with Crippen LogP contribution in [-0.4, -0.2) is 6.04 Å². The van der Waals surface area contributed by atoms with Gasteiger partial charge in [0.25, 0.3) is 0 Å². The van der Waals surface area contributed by atoms with Crippen molar-refractivity contribution in [1.82, 2.24) is 0 Å². The Morgan fingerprint density at radius 2 is 1.94 bits per heavy atom. The summed E-state index contributed by atoms with van der Waals surface area (Å²) in [5, 5.41) is 1.29. The van der Waals surface area contributed by atoms with Crippen LogP contribution in [0, 0.1) is 5.92 Å². The van der Waals surface area contributed by atoms with Crippen LogP contribution in [0.25, 0.3) is 0 Å². The van der Waals surface area contributed by atoms with E-state index in [9.17, 15) is 0 Å². The Balaban J connectivity index is 1.93. The summed E-state index contributed by atoms with van der Waals surface area (Å²) in [6.45, 7) is 0. The maximum Gasteiger partial charge on any atom is 0.0624 e. The highest BCUT2D eigenvalue weighted by Gasteiger charge is 2.19. The molecule has 1 unspecified atom stereocenters. The van der Waals surface area contributed by atoms with Gasteiger partial charge in [0.2, 0.25) is 0 Å². The molecule has 1 aliphatic carbocycles. The molecule has 1 atom stereocenters. The minimum Gasteiger partial charge on any atom is -0.327 e. The van der Waals surface area contributed by atoms with Gasteiger partial charge in [0.1, 0.15) is 0 Å². The Bertz CT molecular complexity index is 372. The van der Waals surface area contributed by atoms with E-state index >= 15 is 0 Å². The lowest BCUT2D eigenvalue weighted by molar-refractivity contribution is 0.440. The molecule has 94 valence electrons. The number of benzene rings is 1. The minimum absolute atomic E-state index is 0.203. The van der Waals surface area contributed by atoms with Crippen molar-refractivity contribution in [3.63, 3.8) is 0 Å². The summed E-state index contributed by atoms with van der Waals surface area (Å²) in [5.74, 6) is 0.822. The van der Waals surface area contributed by atoms with Gasteiger partial charge < -0.3 is 5.73 Å². The summed E-state index contributed by atoms with van der Waals surface area (Å²) in [6, 6.07) is 5.97. The van der Waals surface area contributed by atoms with Gasteiger partial charge in [-0.05, 0) is 30.4 Å². The second-order valence-electron chi connectivity index (χ2n) is 5.06. The molecule has 0 radical (unpaired) electrons. The van der Waals surface area contributed by atoms with Crippen molar-refractivity contribution in [1.29, 1.82) is 0 Å². The first-order chi connectivity index (χ1) is 8.16. The molecular weight excluding hydrogens is 253 g/mol. The van der Waals surface area contributed by atoms with Crippen LogP contribution in [0.5, 0.6) is 0 Å². The standard InChI is InChI=1S/C14H19Cl2N/c15-13-7-3-6-11(14(13)16)9-12(17)8-10-4-1-2-5-10/h3,6-7,10,12H,1-2,4-5,8-9,17H2. The molecule has 1 aromatic carbocycles. The largest absolute Gasteiger partial charge is 0.327 e. The quantitative estimate of drug-likeness (QED) is 0.861. The van der Waals surface area contributed by atoms with E-state index in [4.69, 9.17) is 28.9 Å². The SMILES string of the molecule is NC(Cc1cccc(Cl)c1Cl)CC1CCCC1. The number of rotatable bonds is 4. The van der Waals surface area contributed by atoms with Crippen LogP contribution in [-0.2, 0) is 6.42 Å². The second-order valence-corrected chi connectivity index (χ2v) is 5.85. The van der Waals surface area contributed by atoms with E-state index in [0.717, 1.165) is 24.3 Å². The third kappa shape index (κ3) is 3.61. The third-order valence-electron chi connectivity index (χ3n) is 3.62. The van der Waals surface area contributed by atoms with Crippen LogP contribution >= 0.6 is 23.2 Å². The van der Waals surface area contributed by atoms with Crippen LogP contribution in [0.1, 0.15) is 37.7 Å². The Kier molecular flexibility index (Phi) is 4.72. The van der Waals surface area contributed by atoms with Gasteiger partial charge in [-0.1, -0.05) is 61.0 Å². The van der Waals surface area contributed by atoms with Crippen molar-refractivity contribution in [2.75, 3.05) is 0 Å². The molecule has 0 amide bonds. The molecule has 0 bridgehead atoms. The summed E-state index contributed by atoms with van der Waals surface area (Å²) in [7, 11) is 0. The monoisotopic (exact) mass is 271 g/mol. The Labute approximate surface area is 113 Å². The third-order valence-corrected chi connectivity index (χ3v) is 4.48. The zero-order valence-electron chi connectivity index (χ0n) is 9.96. The molecule has 1 aliphatic rings. The van der Waals surface area contributed by atoms with E-state index in [1.54, 1.807) is 0 Å². The van der Waals surface area contributed by atoms with Gasteiger partial charge in [0.15, 0.2) is 0 Å². The lowest BCUT2D eigenvalue weighted by Gasteiger charge is -2.17. The average molecular weight is 272 g/mol. The van der Waals surface area contributed by atoms with E-state index in [1.807, 2.05) is 18.2 Å². The first kappa shape index (κ1) is 13.2. The van der Waals surface area contributed by atoms with E-state index in [0.29, 0.717) is 10.0 Å². The van der Waals surface area contributed by atoms with Crippen molar-refractivity contribution in [3.8, 4) is 0 Å². The van der Waals surface area contributed by atoms with Gasteiger partial charge in [-0.25, -0.2) is 0 Å². The summed E-state index contributed by atoms with van der Waals surface area (Å²) in [6.07, 6.45) is 7.37. The highest BCUT2D eigenvalue weighted by atomic mass is 35.5. The molecule has 17 heavy (non-hydrogen) atoms. The predicted octanol–water partition coefficient (Wildman–Crippen LogP) is 4.44. The predicted molar refractivity (Wildman–Crippen MR) is 74.7 cm³/mol. The van der Waals surface area contributed by atoms with Crippen molar-refractivity contribution < 1.29 is 0 Å². The van der Waals surface area contributed by atoms with Gasteiger partial charge in [-0.2, -0.15) is 0 Å². The lowest BCUT2D eigenvalue weighted by Crippen LogP contribution is -2.25. The molecule has 1 fully saturated rings. The Hall–Kier alpha value is -0.240. The highest BCUT2D eigenvalue weighted by Crippen LogP contribution is 2.30. The Morgan fingerprint density at radius 1 is 1.24 bits per heavy atom. The molecule has 0 heterocycles. The number of nitrogens with two attached hydrogens (primary N) is 1. The summed E-state index contributed by atoms with van der Waals surface area (Å²) in [5.41, 5.74) is 7.28. The van der Waals surface area contributed by atoms with Gasteiger partial charge in [0.05, 0.1) is 10.0 Å². The van der Waals surface area contributed by atoms with E-state index in [2.05, 4.69) is 0 Å². The number of hydrogen-bond donors (Lipinski definition) is 1. The molecule has 2 N–H and O–H groups in total. The zero-order valence-corrected chi connectivity index (χ0v) is 11.5.